The highest BCUT2D eigenvalue weighted by atomic mass is 16.6. The Bertz CT molecular complexity index is 1130. The van der Waals surface area contributed by atoms with Gasteiger partial charge in [0.2, 0.25) is 0 Å². The van der Waals surface area contributed by atoms with E-state index in [1.54, 1.807) is 0 Å². The van der Waals surface area contributed by atoms with Gasteiger partial charge in [0, 0.05) is 19.3 Å². The molecule has 0 fully saturated rings. The van der Waals surface area contributed by atoms with E-state index < -0.39 is 6.10 Å². The fourth-order valence-electron chi connectivity index (χ4n) is 8.75. The molecule has 0 bridgehead atoms. The monoisotopic (exact) mass is 941 g/mol. The van der Waals surface area contributed by atoms with E-state index in [2.05, 4.69) is 57.2 Å². The van der Waals surface area contributed by atoms with Gasteiger partial charge >= 0.3 is 17.9 Å². The molecular weight excluding hydrogens is 829 g/mol. The third-order valence-corrected chi connectivity index (χ3v) is 13.2. The van der Waals surface area contributed by atoms with Crippen LogP contribution in [0.15, 0.2) is 36.5 Å². The Kier molecular flexibility index (Phi) is 54.2. The summed E-state index contributed by atoms with van der Waals surface area (Å²) in [6, 6.07) is 0. The molecule has 0 N–H and O–H groups in total. The summed E-state index contributed by atoms with van der Waals surface area (Å²) in [6.07, 6.45) is 67.5. The summed E-state index contributed by atoms with van der Waals surface area (Å²) in [5.41, 5.74) is 0. The first-order valence-electron chi connectivity index (χ1n) is 29.5. The van der Waals surface area contributed by atoms with Gasteiger partial charge in [0.1, 0.15) is 13.2 Å². The second-order valence-electron chi connectivity index (χ2n) is 19.9. The Morgan fingerprint density at radius 3 is 0.910 bits per heavy atom. The van der Waals surface area contributed by atoms with E-state index in [4.69, 9.17) is 14.2 Å². The normalized spacial score (nSPS) is 12.2. The summed E-state index contributed by atoms with van der Waals surface area (Å²) in [4.78, 5) is 38.0. The van der Waals surface area contributed by atoms with Gasteiger partial charge in [0.05, 0.1) is 0 Å². The van der Waals surface area contributed by atoms with Crippen molar-refractivity contribution in [3.8, 4) is 0 Å². The molecule has 6 heteroatoms. The van der Waals surface area contributed by atoms with Gasteiger partial charge in [-0.3, -0.25) is 14.4 Å². The van der Waals surface area contributed by atoms with Crippen LogP contribution < -0.4 is 0 Å². The first kappa shape index (κ1) is 64.6. The summed E-state index contributed by atoms with van der Waals surface area (Å²) >= 11 is 0. The molecule has 67 heavy (non-hydrogen) atoms. The van der Waals surface area contributed by atoms with E-state index >= 15 is 0 Å². The fraction of sp³-hybridized carbons (Fsp3) is 0.852. The number of unbranched alkanes of at least 4 members (excludes halogenated alkanes) is 37. The van der Waals surface area contributed by atoms with Crippen molar-refractivity contribution in [1.29, 1.82) is 0 Å². The van der Waals surface area contributed by atoms with Crippen molar-refractivity contribution in [3.05, 3.63) is 36.5 Å². The highest BCUT2D eigenvalue weighted by Gasteiger charge is 2.19. The number of hydrogen-bond donors (Lipinski definition) is 0. The Morgan fingerprint density at radius 2 is 0.582 bits per heavy atom. The second kappa shape index (κ2) is 56.2. The summed E-state index contributed by atoms with van der Waals surface area (Å²) in [6.45, 7) is 6.52. The van der Waals surface area contributed by atoms with Crippen LogP contribution in [0.25, 0.3) is 0 Å². The Balaban J connectivity index is 4.09. The number of rotatable bonds is 54. The molecule has 0 spiro atoms. The smallest absolute Gasteiger partial charge is 0.306 e. The highest BCUT2D eigenvalue weighted by molar-refractivity contribution is 5.71. The van der Waals surface area contributed by atoms with Crippen LogP contribution in [-0.2, 0) is 28.6 Å². The second-order valence-corrected chi connectivity index (χ2v) is 19.9. The molecule has 0 amide bonds. The number of carbonyl (C=O) groups excluding carboxylic acids is 3. The summed E-state index contributed by atoms with van der Waals surface area (Å²) in [7, 11) is 0. The van der Waals surface area contributed by atoms with E-state index in [1.807, 2.05) is 0 Å². The predicted molar refractivity (Wildman–Crippen MR) is 289 cm³/mol. The van der Waals surface area contributed by atoms with E-state index in [0.29, 0.717) is 19.3 Å². The Labute approximate surface area is 416 Å². The third-order valence-electron chi connectivity index (χ3n) is 13.2. The molecule has 392 valence electrons. The molecule has 1 unspecified atom stereocenters. The summed E-state index contributed by atoms with van der Waals surface area (Å²) in [5.74, 6) is -0.897. The fourth-order valence-corrected chi connectivity index (χ4v) is 8.75. The number of ether oxygens (including phenoxy) is 3. The molecular formula is C61H112O6. The van der Waals surface area contributed by atoms with Gasteiger partial charge in [0.15, 0.2) is 6.10 Å². The van der Waals surface area contributed by atoms with Crippen molar-refractivity contribution in [1.82, 2.24) is 0 Å². The standard InChI is InChI=1S/C61H112O6/c1-4-7-10-13-16-19-21-23-24-25-26-27-28-29-30-31-32-33-34-35-36-38-39-42-45-48-51-54-60(63)66-57-58(56-65-59(62)53-50-47-44-41-18-15-12-9-6-3)67-61(64)55-52-49-46-43-40-37-22-20-17-14-11-8-5-2/h8,11,17,20,37,40,58H,4-7,9-10,12-16,18-19,21-36,38-39,41-57H2,1-3H3/b11-8-,20-17-,40-37-. The third kappa shape index (κ3) is 54.4. The SMILES string of the molecule is CC/C=C\C/C=C\C/C=C\CCCCCC(=O)OC(COC(=O)CCCCCCCCCCC)COC(=O)CCCCCCCCCCCCCCCCCCCCCCCCCCCCC. The van der Waals surface area contributed by atoms with Gasteiger partial charge in [-0.15, -0.1) is 0 Å². The molecule has 0 aliphatic carbocycles. The number of hydrogen-bond acceptors (Lipinski definition) is 6. The predicted octanol–water partition coefficient (Wildman–Crippen LogP) is 19.7. The zero-order chi connectivity index (χ0) is 48.6. The van der Waals surface area contributed by atoms with Gasteiger partial charge < -0.3 is 14.2 Å². The molecule has 1 atom stereocenters. The van der Waals surface area contributed by atoms with E-state index in [0.717, 1.165) is 83.5 Å². The van der Waals surface area contributed by atoms with Crippen molar-refractivity contribution in [2.24, 2.45) is 0 Å². The van der Waals surface area contributed by atoms with Crippen molar-refractivity contribution in [2.45, 2.75) is 322 Å². The van der Waals surface area contributed by atoms with Crippen LogP contribution in [0, 0.1) is 0 Å². The molecule has 0 radical (unpaired) electrons. The van der Waals surface area contributed by atoms with E-state index in [1.165, 1.54) is 193 Å². The molecule has 0 saturated carbocycles. The lowest BCUT2D eigenvalue weighted by atomic mass is 10.0. The maximum atomic E-state index is 12.8. The minimum atomic E-state index is -0.782. The van der Waals surface area contributed by atoms with Crippen molar-refractivity contribution in [2.75, 3.05) is 13.2 Å². The molecule has 0 aromatic heterocycles. The first-order chi connectivity index (χ1) is 33.0. The molecule has 0 saturated heterocycles. The van der Waals surface area contributed by atoms with Gasteiger partial charge in [-0.05, 0) is 51.4 Å². The average molecular weight is 942 g/mol. The average Bonchev–Trinajstić information content (AvgIpc) is 3.33. The zero-order valence-corrected chi connectivity index (χ0v) is 44.9. The van der Waals surface area contributed by atoms with Gasteiger partial charge in [-0.2, -0.15) is 0 Å². The maximum Gasteiger partial charge on any atom is 0.306 e. The maximum absolute atomic E-state index is 12.8. The van der Waals surface area contributed by atoms with Gasteiger partial charge in [-0.1, -0.05) is 282 Å². The zero-order valence-electron chi connectivity index (χ0n) is 44.9. The van der Waals surface area contributed by atoms with Gasteiger partial charge in [0.25, 0.3) is 0 Å². The molecule has 0 rings (SSSR count). The number of allylic oxidation sites excluding steroid dienone is 6. The molecule has 0 aliphatic heterocycles. The molecule has 0 aliphatic rings. The van der Waals surface area contributed by atoms with Crippen molar-refractivity contribution >= 4 is 17.9 Å². The Morgan fingerprint density at radius 1 is 0.313 bits per heavy atom. The first-order valence-corrected chi connectivity index (χ1v) is 29.5. The number of esters is 3. The molecule has 0 heterocycles. The lowest BCUT2D eigenvalue weighted by molar-refractivity contribution is -0.167. The molecule has 0 aromatic rings. The van der Waals surface area contributed by atoms with Crippen LogP contribution >= 0.6 is 0 Å². The Hall–Kier alpha value is -2.37. The van der Waals surface area contributed by atoms with Crippen molar-refractivity contribution in [3.63, 3.8) is 0 Å². The van der Waals surface area contributed by atoms with Crippen LogP contribution in [0.4, 0.5) is 0 Å². The van der Waals surface area contributed by atoms with Crippen LogP contribution in [0.5, 0.6) is 0 Å². The van der Waals surface area contributed by atoms with Gasteiger partial charge in [-0.25, -0.2) is 0 Å². The van der Waals surface area contributed by atoms with Crippen molar-refractivity contribution < 1.29 is 28.6 Å². The topological polar surface area (TPSA) is 78.9 Å². The van der Waals surface area contributed by atoms with E-state index in [9.17, 15) is 14.4 Å². The van der Waals surface area contributed by atoms with Crippen LogP contribution in [0.2, 0.25) is 0 Å². The quantitative estimate of drug-likeness (QED) is 0.0262. The largest absolute Gasteiger partial charge is 0.462 e. The molecule has 0 aromatic carbocycles. The van der Waals surface area contributed by atoms with Crippen LogP contribution in [-0.4, -0.2) is 37.2 Å². The number of carbonyl (C=O) groups is 3. The van der Waals surface area contributed by atoms with E-state index in [-0.39, 0.29) is 31.1 Å². The highest BCUT2D eigenvalue weighted by Crippen LogP contribution is 2.17. The van der Waals surface area contributed by atoms with Crippen LogP contribution in [0.1, 0.15) is 316 Å². The summed E-state index contributed by atoms with van der Waals surface area (Å²) < 4.78 is 16.8. The summed E-state index contributed by atoms with van der Waals surface area (Å²) in [5, 5.41) is 0. The lowest BCUT2D eigenvalue weighted by Gasteiger charge is -2.18. The minimum Gasteiger partial charge on any atom is -0.462 e. The lowest BCUT2D eigenvalue weighted by Crippen LogP contribution is -2.30. The molecule has 6 nitrogen and oxygen atoms in total. The van der Waals surface area contributed by atoms with Crippen LogP contribution in [0.3, 0.4) is 0 Å². The minimum absolute atomic E-state index is 0.0798.